The summed E-state index contributed by atoms with van der Waals surface area (Å²) < 4.78 is 9.93. The van der Waals surface area contributed by atoms with Crippen LogP contribution in [0.25, 0.3) is 0 Å². The minimum Gasteiger partial charge on any atom is -0.461 e. The molecule has 2 aromatic rings. The lowest BCUT2D eigenvalue weighted by Gasteiger charge is -2.03. The van der Waals surface area contributed by atoms with E-state index in [1.54, 1.807) is 24.3 Å². The zero-order chi connectivity index (χ0) is 19.0. The highest BCUT2D eigenvalue weighted by atomic mass is 16.5. The Morgan fingerprint density at radius 2 is 1.04 bits per heavy atom. The molecule has 6 nitrogen and oxygen atoms in total. The van der Waals surface area contributed by atoms with E-state index in [1.807, 2.05) is 50.5 Å². The highest BCUT2D eigenvalue weighted by Crippen LogP contribution is 2.01. The molecule has 26 heavy (non-hydrogen) atoms. The molecule has 0 bridgehead atoms. The SMILES string of the molecule is CNCCOC(=O)c1ccccc1.CNCCOC(=O)c1ccccc1. The molecule has 2 N–H and O–H groups in total. The van der Waals surface area contributed by atoms with Crippen LogP contribution in [0.4, 0.5) is 0 Å². The van der Waals surface area contributed by atoms with E-state index in [0.29, 0.717) is 37.4 Å². The van der Waals surface area contributed by atoms with Gasteiger partial charge in [-0.3, -0.25) is 0 Å². The molecule has 0 amide bonds. The third-order valence-electron chi connectivity index (χ3n) is 3.19. The fraction of sp³-hybridized carbons (Fsp3) is 0.300. The van der Waals surface area contributed by atoms with Crippen molar-refractivity contribution in [3.05, 3.63) is 71.8 Å². The highest BCUT2D eigenvalue weighted by molar-refractivity contribution is 5.89. The van der Waals surface area contributed by atoms with Crippen LogP contribution in [0.3, 0.4) is 0 Å². The average molecular weight is 358 g/mol. The molecule has 6 heteroatoms. The lowest BCUT2D eigenvalue weighted by atomic mass is 10.2. The summed E-state index contributed by atoms with van der Waals surface area (Å²) in [7, 11) is 3.63. The maximum Gasteiger partial charge on any atom is 0.338 e. The van der Waals surface area contributed by atoms with E-state index in [4.69, 9.17) is 9.47 Å². The number of hydrogen-bond acceptors (Lipinski definition) is 6. The van der Waals surface area contributed by atoms with E-state index in [2.05, 4.69) is 10.6 Å². The molecule has 0 atom stereocenters. The van der Waals surface area contributed by atoms with Gasteiger partial charge >= 0.3 is 11.9 Å². The van der Waals surface area contributed by atoms with E-state index in [-0.39, 0.29) is 11.9 Å². The summed E-state index contributed by atoms with van der Waals surface area (Å²) in [6.07, 6.45) is 0. The molecule has 0 radical (unpaired) electrons. The first-order valence-corrected chi connectivity index (χ1v) is 8.42. The van der Waals surface area contributed by atoms with Crippen molar-refractivity contribution in [2.75, 3.05) is 40.4 Å². The van der Waals surface area contributed by atoms with Gasteiger partial charge in [-0.05, 0) is 38.4 Å². The van der Waals surface area contributed by atoms with Gasteiger partial charge in [0.2, 0.25) is 0 Å². The summed E-state index contributed by atoms with van der Waals surface area (Å²) >= 11 is 0. The zero-order valence-electron chi connectivity index (χ0n) is 15.2. The van der Waals surface area contributed by atoms with Crippen molar-refractivity contribution >= 4 is 11.9 Å². The van der Waals surface area contributed by atoms with Crippen molar-refractivity contribution in [2.45, 2.75) is 0 Å². The van der Waals surface area contributed by atoms with Gasteiger partial charge in [0.05, 0.1) is 11.1 Å². The Labute approximate surface area is 154 Å². The Bertz CT molecular complexity index is 575. The molecule has 0 aromatic heterocycles. The number of carbonyl (C=O) groups is 2. The Hall–Kier alpha value is -2.70. The van der Waals surface area contributed by atoms with Crippen LogP contribution in [0.2, 0.25) is 0 Å². The molecular formula is C20H26N2O4. The molecule has 0 aliphatic heterocycles. The van der Waals surface area contributed by atoms with Crippen LogP contribution in [0, 0.1) is 0 Å². The van der Waals surface area contributed by atoms with Crippen molar-refractivity contribution in [1.29, 1.82) is 0 Å². The number of nitrogens with one attached hydrogen (secondary N) is 2. The molecule has 0 saturated heterocycles. The number of esters is 2. The van der Waals surface area contributed by atoms with Gasteiger partial charge in [0.1, 0.15) is 13.2 Å². The largest absolute Gasteiger partial charge is 0.461 e. The van der Waals surface area contributed by atoms with Crippen molar-refractivity contribution < 1.29 is 19.1 Å². The van der Waals surface area contributed by atoms with Crippen LogP contribution in [0.1, 0.15) is 20.7 Å². The minimum atomic E-state index is -0.268. The fourth-order valence-electron chi connectivity index (χ4n) is 1.81. The van der Waals surface area contributed by atoms with E-state index >= 15 is 0 Å². The average Bonchev–Trinajstić information content (AvgIpc) is 2.70. The molecule has 0 saturated carbocycles. The molecule has 0 aliphatic carbocycles. The molecule has 2 rings (SSSR count). The summed E-state index contributed by atoms with van der Waals surface area (Å²) in [5, 5.41) is 5.79. The van der Waals surface area contributed by atoms with Gasteiger partial charge in [0, 0.05) is 13.1 Å². The molecule has 0 aliphatic rings. The lowest BCUT2D eigenvalue weighted by Crippen LogP contribution is -2.17. The molecule has 0 unspecified atom stereocenters. The fourth-order valence-corrected chi connectivity index (χ4v) is 1.81. The summed E-state index contributed by atoms with van der Waals surface area (Å²) in [6.45, 7) is 2.17. The standard InChI is InChI=1S/2C10H13NO2/c2*1-11-7-8-13-10(12)9-5-3-2-4-6-9/h2*2-6,11H,7-8H2,1H3. The van der Waals surface area contributed by atoms with E-state index < -0.39 is 0 Å². The first-order chi connectivity index (χ1) is 12.7. The quantitative estimate of drug-likeness (QED) is 0.556. The number of likely N-dealkylation sites (N-methyl/N-ethyl adjacent to an activating group) is 2. The van der Waals surface area contributed by atoms with Gasteiger partial charge in [0.15, 0.2) is 0 Å². The molecule has 0 heterocycles. The van der Waals surface area contributed by atoms with Gasteiger partial charge in [-0.25, -0.2) is 9.59 Å². The predicted octanol–water partition coefficient (Wildman–Crippen LogP) is 2.13. The molecule has 2 aromatic carbocycles. The van der Waals surface area contributed by atoms with Crippen LogP contribution < -0.4 is 10.6 Å². The van der Waals surface area contributed by atoms with Gasteiger partial charge in [-0.2, -0.15) is 0 Å². The summed E-state index contributed by atoms with van der Waals surface area (Å²) in [4.78, 5) is 22.5. The number of ether oxygens (including phenoxy) is 2. The second kappa shape index (κ2) is 13.6. The van der Waals surface area contributed by atoms with Crippen molar-refractivity contribution in [1.82, 2.24) is 10.6 Å². The number of rotatable bonds is 8. The smallest absolute Gasteiger partial charge is 0.338 e. The molecule has 140 valence electrons. The van der Waals surface area contributed by atoms with E-state index in [1.165, 1.54) is 0 Å². The van der Waals surface area contributed by atoms with Crippen LogP contribution in [0.15, 0.2) is 60.7 Å². The van der Waals surface area contributed by atoms with E-state index in [0.717, 1.165) is 0 Å². The molecular weight excluding hydrogens is 332 g/mol. The number of carbonyl (C=O) groups excluding carboxylic acids is 2. The Kier molecular flexibility index (Phi) is 11.1. The van der Waals surface area contributed by atoms with Crippen molar-refractivity contribution in [2.24, 2.45) is 0 Å². The topological polar surface area (TPSA) is 76.7 Å². The maximum absolute atomic E-state index is 11.3. The summed E-state index contributed by atoms with van der Waals surface area (Å²) in [6, 6.07) is 17.9. The van der Waals surface area contributed by atoms with E-state index in [9.17, 15) is 9.59 Å². The normalized spacial score (nSPS) is 9.62. The Morgan fingerprint density at radius 1 is 0.692 bits per heavy atom. The monoisotopic (exact) mass is 358 g/mol. The number of benzene rings is 2. The van der Waals surface area contributed by atoms with Gasteiger partial charge in [-0.15, -0.1) is 0 Å². The first-order valence-electron chi connectivity index (χ1n) is 8.42. The van der Waals surface area contributed by atoms with Crippen molar-refractivity contribution in [3.8, 4) is 0 Å². The predicted molar refractivity (Wildman–Crippen MR) is 101 cm³/mol. The second-order valence-electron chi connectivity index (χ2n) is 5.21. The maximum atomic E-state index is 11.3. The second-order valence-corrected chi connectivity index (χ2v) is 5.21. The van der Waals surface area contributed by atoms with Gasteiger partial charge < -0.3 is 20.1 Å². The Balaban J connectivity index is 0.000000260. The van der Waals surface area contributed by atoms with Gasteiger partial charge in [-0.1, -0.05) is 36.4 Å². The molecule has 0 fully saturated rings. The third kappa shape index (κ3) is 8.96. The zero-order valence-corrected chi connectivity index (χ0v) is 15.2. The van der Waals surface area contributed by atoms with Crippen LogP contribution in [0.5, 0.6) is 0 Å². The van der Waals surface area contributed by atoms with Crippen LogP contribution >= 0.6 is 0 Å². The summed E-state index contributed by atoms with van der Waals surface area (Å²) in [5.41, 5.74) is 1.19. The lowest BCUT2D eigenvalue weighted by molar-refractivity contribution is 0.0501. The van der Waals surface area contributed by atoms with Crippen LogP contribution in [-0.2, 0) is 9.47 Å². The summed E-state index contributed by atoms with van der Waals surface area (Å²) in [5.74, 6) is -0.535. The van der Waals surface area contributed by atoms with Crippen molar-refractivity contribution in [3.63, 3.8) is 0 Å². The Morgan fingerprint density at radius 3 is 1.35 bits per heavy atom. The molecule has 0 spiro atoms. The third-order valence-corrected chi connectivity index (χ3v) is 3.19. The minimum absolute atomic E-state index is 0.268. The van der Waals surface area contributed by atoms with Crippen LogP contribution in [-0.4, -0.2) is 52.3 Å². The first kappa shape index (κ1) is 21.3. The number of hydrogen-bond donors (Lipinski definition) is 2. The van der Waals surface area contributed by atoms with Gasteiger partial charge in [0.25, 0.3) is 0 Å². The highest BCUT2D eigenvalue weighted by Gasteiger charge is 2.04.